The van der Waals surface area contributed by atoms with Crippen molar-refractivity contribution in [1.29, 1.82) is 0 Å². The summed E-state index contributed by atoms with van der Waals surface area (Å²) in [6, 6.07) is 1.66. The van der Waals surface area contributed by atoms with E-state index >= 15 is 0 Å². The molecule has 0 radical (unpaired) electrons. The number of halogens is 6. The average molecular weight is 404 g/mol. The molecule has 0 atom stereocenters. The highest BCUT2D eigenvalue weighted by Crippen LogP contribution is 2.41. The molecule has 1 aromatic carbocycles. The van der Waals surface area contributed by atoms with Crippen LogP contribution in [0.1, 0.15) is 11.1 Å². The molecule has 2 aromatic rings. The van der Waals surface area contributed by atoms with Crippen LogP contribution in [0.25, 0.3) is 10.9 Å². The number of aliphatic imine (C=N–C) groups is 1. The zero-order valence-electron chi connectivity index (χ0n) is 14.6. The predicted octanol–water partition coefficient (Wildman–Crippen LogP) is 4.31. The van der Waals surface area contributed by atoms with E-state index in [9.17, 15) is 31.1 Å². The molecule has 0 aliphatic carbocycles. The first-order valence-electron chi connectivity index (χ1n) is 7.58. The maximum Gasteiger partial charge on any atom is 0.418 e. The van der Waals surface area contributed by atoms with Crippen LogP contribution < -0.4 is 5.32 Å². The van der Waals surface area contributed by atoms with E-state index in [1.807, 2.05) is 0 Å². The smallest absolute Gasteiger partial charge is 0.369 e. The number of hydrogen-bond donors (Lipinski definition) is 1. The molecule has 0 bridgehead atoms. The highest BCUT2D eigenvalue weighted by atomic mass is 19.4. The normalized spacial score (nSPS) is 12.4. The Hall–Kier alpha value is -3.11. The van der Waals surface area contributed by atoms with E-state index in [-0.39, 0.29) is 17.5 Å². The van der Waals surface area contributed by atoms with Gasteiger partial charge in [0.1, 0.15) is 0 Å². The molecule has 0 unspecified atom stereocenters. The Kier molecular flexibility index (Phi) is 5.67. The van der Waals surface area contributed by atoms with Crippen molar-refractivity contribution in [1.82, 2.24) is 9.88 Å². The summed E-state index contributed by atoms with van der Waals surface area (Å²) >= 11 is 0. The molecule has 0 aliphatic rings. The summed E-state index contributed by atoms with van der Waals surface area (Å²) in [5.74, 6) is -0.846. The fourth-order valence-electron chi connectivity index (χ4n) is 2.21. The van der Waals surface area contributed by atoms with Crippen molar-refractivity contribution >= 4 is 28.8 Å². The quantitative estimate of drug-likeness (QED) is 0.357. The number of amides is 1. The predicted molar refractivity (Wildman–Crippen MR) is 91.7 cm³/mol. The number of fused-ring (bicyclic) bond motifs is 1. The van der Waals surface area contributed by atoms with Gasteiger partial charge in [-0.1, -0.05) is 6.58 Å². The van der Waals surface area contributed by atoms with Crippen molar-refractivity contribution < 1.29 is 31.1 Å². The van der Waals surface area contributed by atoms with Crippen LogP contribution in [0.3, 0.4) is 0 Å². The molecule has 1 N–H and O–H groups in total. The fraction of sp³-hybridized carbons (Fsp3) is 0.235. The molecule has 1 heterocycles. The van der Waals surface area contributed by atoms with Crippen LogP contribution in [-0.2, 0) is 17.1 Å². The monoisotopic (exact) mass is 404 g/mol. The molecule has 150 valence electrons. The standard InChI is InChI=1S/C17H14F6N4O/c1-9(15(28)25-8-27(2)3)26-13-4-5-24-14-11(13)6-10(16(18,19)20)7-12(14)17(21,22)23/h4-8H,1H2,2-3H3,(H,24,26). The number of carbonyl (C=O) groups excluding carboxylic acids is 1. The molecule has 0 aliphatic heterocycles. The molecule has 1 aromatic heterocycles. The Bertz CT molecular complexity index is 947. The minimum Gasteiger partial charge on any atom is -0.369 e. The second kappa shape index (κ2) is 7.49. The van der Waals surface area contributed by atoms with Crippen molar-refractivity contribution in [3.05, 3.63) is 47.8 Å². The maximum absolute atomic E-state index is 13.3. The van der Waals surface area contributed by atoms with E-state index in [2.05, 4.69) is 21.9 Å². The Balaban J connectivity index is 2.59. The van der Waals surface area contributed by atoms with Crippen LogP contribution in [0.5, 0.6) is 0 Å². The lowest BCUT2D eigenvalue weighted by molar-refractivity contribution is -0.142. The Morgan fingerprint density at radius 3 is 2.36 bits per heavy atom. The summed E-state index contributed by atoms with van der Waals surface area (Å²) in [7, 11) is 3.20. The van der Waals surface area contributed by atoms with E-state index in [1.54, 1.807) is 14.1 Å². The zero-order valence-corrected chi connectivity index (χ0v) is 14.6. The zero-order chi connectivity index (χ0) is 21.3. The molecular formula is C17H14F6N4O. The van der Waals surface area contributed by atoms with E-state index in [4.69, 9.17) is 0 Å². The minimum atomic E-state index is -5.06. The third kappa shape index (κ3) is 4.78. The summed E-state index contributed by atoms with van der Waals surface area (Å²) < 4.78 is 79.0. The van der Waals surface area contributed by atoms with Gasteiger partial charge < -0.3 is 10.2 Å². The van der Waals surface area contributed by atoms with Gasteiger partial charge in [-0.05, 0) is 18.2 Å². The lowest BCUT2D eigenvalue weighted by Gasteiger charge is -2.16. The van der Waals surface area contributed by atoms with Crippen molar-refractivity contribution in [2.45, 2.75) is 12.4 Å². The number of benzene rings is 1. The number of nitrogens with one attached hydrogen (secondary N) is 1. The number of anilines is 1. The van der Waals surface area contributed by atoms with Gasteiger partial charge in [-0.15, -0.1) is 0 Å². The Morgan fingerprint density at radius 2 is 1.82 bits per heavy atom. The molecule has 5 nitrogen and oxygen atoms in total. The van der Waals surface area contributed by atoms with Crippen LogP contribution in [0.2, 0.25) is 0 Å². The third-order valence-corrected chi connectivity index (χ3v) is 3.43. The Labute approximate surface area is 155 Å². The molecule has 11 heteroatoms. The number of hydrogen-bond acceptors (Lipinski definition) is 3. The lowest BCUT2D eigenvalue weighted by Crippen LogP contribution is -2.14. The van der Waals surface area contributed by atoms with Crippen LogP contribution in [0.15, 0.2) is 41.7 Å². The van der Waals surface area contributed by atoms with E-state index in [0.29, 0.717) is 6.07 Å². The van der Waals surface area contributed by atoms with E-state index < -0.39 is 40.3 Å². The van der Waals surface area contributed by atoms with Crippen molar-refractivity contribution in [3.8, 4) is 0 Å². The minimum absolute atomic E-state index is 0.000460. The second-order valence-electron chi connectivity index (χ2n) is 5.89. The van der Waals surface area contributed by atoms with Gasteiger partial charge in [-0.2, -0.15) is 31.3 Å². The molecule has 28 heavy (non-hydrogen) atoms. The fourth-order valence-corrected chi connectivity index (χ4v) is 2.21. The second-order valence-corrected chi connectivity index (χ2v) is 5.89. The molecule has 0 saturated heterocycles. The van der Waals surface area contributed by atoms with Gasteiger partial charge in [0, 0.05) is 31.4 Å². The van der Waals surface area contributed by atoms with Crippen LogP contribution in [-0.4, -0.2) is 36.2 Å². The summed E-state index contributed by atoms with van der Waals surface area (Å²) in [5, 5.41) is 1.95. The number of rotatable bonds is 4. The van der Waals surface area contributed by atoms with E-state index in [1.165, 1.54) is 11.2 Å². The topological polar surface area (TPSA) is 57.6 Å². The molecule has 0 saturated carbocycles. The van der Waals surface area contributed by atoms with Crippen molar-refractivity contribution in [2.75, 3.05) is 19.4 Å². The number of alkyl halides is 6. The molecular weight excluding hydrogens is 390 g/mol. The first-order chi connectivity index (χ1) is 12.8. The summed E-state index contributed by atoms with van der Waals surface area (Å²) in [6.07, 6.45) is -7.92. The lowest BCUT2D eigenvalue weighted by atomic mass is 10.0. The van der Waals surface area contributed by atoms with E-state index in [0.717, 1.165) is 12.3 Å². The van der Waals surface area contributed by atoms with Gasteiger partial charge in [0.2, 0.25) is 0 Å². The van der Waals surface area contributed by atoms with Crippen LogP contribution in [0, 0.1) is 0 Å². The van der Waals surface area contributed by atoms with Crippen LogP contribution in [0.4, 0.5) is 32.0 Å². The van der Waals surface area contributed by atoms with Crippen molar-refractivity contribution in [2.24, 2.45) is 4.99 Å². The summed E-state index contributed by atoms with van der Waals surface area (Å²) in [5.41, 5.74) is -4.26. The number of carbonyl (C=O) groups is 1. The van der Waals surface area contributed by atoms with Gasteiger partial charge in [0.25, 0.3) is 5.91 Å². The van der Waals surface area contributed by atoms with Crippen molar-refractivity contribution in [3.63, 3.8) is 0 Å². The largest absolute Gasteiger partial charge is 0.418 e. The van der Waals surface area contributed by atoms with Gasteiger partial charge in [-0.3, -0.25) is 9.78 Å². The Morgan fingerprint density at radius 1 is 1.18 bits per heavy atom. The summed E-state index contributed by atoms with van der Waals surface area (Å²) in [4.78, 5) is 20.4. The molecule has 0 fully saturated rings. The number of aromatic nitrogens is 1. The van der Waals surface area contributed by atoms with Gasteiger partial charge in [0.05, 0.1) is 28.7 Å². The van der Waals surface area contributed by atoms with Gasteiger partial charge in [-0.25, -0.2) is 0 Å². The number of pyridine rings is 1. The van der Waals surface area contributed by atoms with Gasteiger partial charge >= 0.3 is 12.4 Å². The molecule has 2 rings (SSSR count). The maximum atomic E-state index is 13.3. The highest BCUT2D eigenvalue weighted by molar-refractivity contribution is 6.03. The highest BCUT2D eigenvalue weighted by Gasteiger charge is 2.38. The SMILES string of the molecule is C=C(Nc1ccnc2c(C(F)(F)F)cc(C(F)(F)F)cc12)C(=O)N=CN(C)C. The van der Waals surface area contributed by atoms with Gasteiger partial charge in [0.15, 0.2) is 0 Å². The average Bonchev–Trinajstić information content (AvgIpc) is 2.57. The first kappa shape index (κ1) is 21.2. The van der Waals surface area contributed by atoms with Crippen LogP contribution >= 0.6 is 0 Å². The summed E-state index contributed by atoms with van der Waals surface area (Å²) in [6.45, 7) is 3.42. The first-order valence-corrected chi connectivity index (χ1v) is 7.58. The molecule has 1 amide bonds. The number of nitrogens with zero attached hydrogens (tertiary/aromatic N) is 3. The molecule has 0 spiro atoms. The third-order valence-electron chi connectivity index (χ3n) is 3.43.